The smallest absolute Gasteiger partial charge is 0.239 e. The van der Waals surface area contributed by atoms with Crippen molar-refractivity contribution in [2.45, 2.75) is 38.8 Å². The van der Waals surface area contributed by atoms with Crippen LogP contribution in [0.2, 0.25) is 0 Å². The zero-order valence-electron chi connectivity index (χ0n) is 8.85. The van der Waals surface area contributed by atoms with E-state index in [0.29, 0.717) is 13.0 Å². The van der Waals surface area contributed by atoms with Crippen LogP contribution in [-0.2, 0) is 4.79 Å². The third kappa shape index (κ3) is 4.24. The van der Waals surface area contributed by atoms with Crippen LogP contribution >= 0.6 is 0 Å². The molecule has 78 valence electrons. The first kappa shape index (κ1) is 12.4. The minimum absolute atomic E-state index is 0.0949. The van der Waals surface area contributed by atoms with Gasteiger partial charge >= 0.3 is 0 Å². The number of amides is 1. The van der Waals surface area contributed by atoms with Gasteiger partial charge in [0.15, 0.2) is 0 Å². The normalized spacial score (nSPS) is 13.9. The summed E-state index contributed by atoms with van der Waals surface area (Å²) in [6.45, 7) is 5.78. The van der Waals surface area contributed by atoms with Gasteiger partial charge in [-0.2, -0.15) is 0 Å². The van der Waals surface area contributed by atoms with E-state index in [1.54, 1.807) is 20.9 Å². The molecule has 4 nitrogen and oxygen atoms in total. The fraction of sp³-hybridized carbons (Fsp3) is 0.889. The molecule has 0 aliphatic carbocycles. The zero-order chi connectivity index (χ0) is 10.5. The van der Waals surface area contributed by atoms with Crippen molar-refractivity contribution in [3.05, 3.63) is 0 Å². The Morgan fingerprint density at radius 2 is 2.08 bits per heavy atom. The van der Waals surface area contributed by atoms with Crippen molar-refractivity contribution in [3.63, 3.8) is 0 Å². The summed E-state index contributed by atoms with van der Waals surface area (Å²) in [5, 5.41) is 14.8. The molecule has 13 heavy (non-hydrogen) atoms. The van der Waals surface area contributed by atoms with Gasteiger partial charge in [-0.15, -0.1) is 0 Å². The molecule has 4 heteroatoms. The molecule has 0 radical (unpaired) electrons. The molecular formula is C9H20N2O2. The van der Waals surface area contributed by atoms with Crippen molar-refractivity contribution in [2.75, 3.05) is 13.6 Å². The predicted octanol–water partition coefficient (Wildman–Crippen LogP) is -0.128. The summed E-state index contributed by atoms with van der Waals surface area (Å²) in [7, 11) is 1.73. The molecule has 0 heterocycles. The third-order valence-electron chi connectivity index (χ3n) is 2.16. The first-order valence-electron chi connectivity index (χ1n) is 4.59. The van der Waals surface area contributed by atoms with E-state index in [2.05, 4.69) is 10.6 Å². The quantitative estimate of drug-likeness (QED) is 0.563. The molecule has 1 unspecified atom stereocenters. The van der Waals surface area contributed by atoms with Gasteiger partial charge in [0.25, 0.3) is 0 Å². The molecule has 0 rings (SSSR count). The Bertz CT molecular complexity index is 169. The Labute approximate surface area is 79.7 Å². The van der Waals surface area contributed by atoms with E-state index in [-0.39, 0.29) is 5.91 Å². The molecule has 1 amide bonds. The lowest BCUT2D eigenvalue weighted by atomic mass is 10.1. The average molecular weight is 188 g/mol. The predicted molar refractivity (Wildman–Crippen MR) is 52.4 cm³/mol. The van der Waals surface area contributed by atoms with Crippen LogP contribution < -0.4 is 10.6 Å². The van der Waals surface area contributed by atoms with E-state index in [4.69, 9.17) is 0 Å². The number of nitrogens with one attached hydrogen (secondary N) is 2. The Balaban J connectivity index is 3.88. The molecule has 1 atom stereocenters. The van der Waals surface area contributed by atoms with Gasteiger partial charge in [-0.25, -0.2) is 0 Å². The van der Waals surface area contributed by atoms with Gasteiger partial charge in [0.05, 0.1) is 11.6 Å². The fourth-order valence-electron chi connectivity index (χ4n) is 0.689. The maximum absolute atomic E-state index is 11.4. The lowest BCUT2D eigenvalue weighted by molar-refractivity contribution is -0.126. The summed E-state index contributed by atoms with van der Waals surface area (Å²) >= 11 is 0. The lowest BCUT2D eigenvalue weighted by Gasteiger charge is -2.23. The highest BCUT2D eigenvalue weighted by Gasteiger charge is 2.24. The van der Waals surface area contributed by atoms with Crippen molar-refractivity contribution < 1.29 is 9.90 Å². The summed E-state index contributed by atoms with van der Waals surface area (Å²) < 4.78 is 0. The Kier molecular flexibility index (Phi) is 4.95. The number of carbonyl (C=O) groups excluding carboxylic acids is 1. The summed E-state index contributed by atoms with van der Waals surface area (Å²) in [6, 6.07) is 0. The SMILES string of the molecule is CCC(O)CNC(=O)C(C)(C)NC. The molecule has 0 aliphatic heterocycles. The minimum Gasteiger partial charge on any atom is -0.391 e. The van der Waals surface area contributed by atoms with E-state index in [9.17, 15) is 9.90 Å². The number of carbonyl (C=O) groups is 1. The van der Waals surface area contributed by atoms with Gasteiger partial charge in [0.2, 0.25) is 5.91 Å². The van der Waals surface area contributed by atoms with E-state index < -0.39 is 11.6 Å². The molecule has 0 saturated heterocycles. The molecule has 0 aromatic rings. The molecular weight excluding hydrogens is 168 g/mol. The van der Waals surface area contributed by atoms with Crippen LogP contribution in [0.4, 0.5) is 0 Å². The van der Waals surface area contributed by atoms with Crippen molar-refractivity contribution in [1.82, 2.24) is 10.6 Å². The zero-order valence-corrected chi connectivity index (χ0v) is 8.85. The van der Waals surface area contributed by atoms with Crippen LogP contribution in [0.5, 0.6) is 0 Å². The Morgan fingerprint density at radius 1 is 1.54 bits per heavy atom. The van der Waals surface area contributed by atoms with E-state index in [1.165, 1.54) is 0 Å². The van der Waals surface area contributed by atoms with Gasteiger partial charge in [0, 0.05) is 6.54 Å². The van der Waals surface area contributed by atoms with Crippen molar-refractivity contribution in [2.24, 2.45) is 0 Å². The number of rotatable bonds is 5. The molecule has 0 bridgehead atoms. The third-order valence-corrected chi connectivity index (χ3v) is 2.16. The van der Waals surface area contributed by atoms with Crippen LogP contribution in [0.3, 0.4) is 0 Å². The highest BCUT2D eigenvalue weighted by molar-refractivity contribution is 5.85. The van der Waals surface area contributed by atoms with Crippen molar-refractivity contribution in [3.8, 4) is 0 Å². The van der Waals surface area contributed by atoms with Gasteiger partial charge in [0.1, 0.15) is 0 Å². The summed E-state index contributed by atoms with van der Waals surface area (Å²) in [6.07, 6.45) is 0.205. The first-order chi connectivity index (χ1) is 5.94. The molecule has 0 aromatic heterocycles. The monoisotopic (exact) mass is 188 g/mol. The second-order valence-corrected chi connectivity index (χ2v) is 3.65. The van der Waals surface area contributed by atoms with Crippen LogP contribution in [0.15, 0.2) is 0 Å². The van der Waals surface area contributed by atoms with E-state index in [0.717, 1.165) is 0 Å². The van der Waals surface area contributed by atoms with Gasteiger partial charge < -0.3 is 15.7 Å². The lowest BCUT2D eigenvalue weighted by Crippen LogP contribution is -2.52. The fourth-order valence-corrected chi connectivity index (χ4v) is 0.689. The van der Waals surface area contributed by atoms with Crippen LogP contribution in [0.25, 0.3) is 0 Å². The van der Waals surface area contributed by atoms with Gasteiger partial charge in [-0.05, 0) is 27.3 Å². The highest BCUT2D eigenvalue weighted by Crippen LogP contribution is 2.00. The summed E-state index contributed by atoms with van der Waals surface area (Å²) in [5.41, 5.74) is -0.576. The van der Waals surface area contributed by atoms with Crippen LogP contribution in [0, 0.1) is 0 Å². The maximum Gasteiger partial charge on any atom is 0.239 e. The number of likely N-dealkylation sites (N-methyl/N-ethyl adjacent to an activating group) is 1. The highest BCUT2D eigenvalue weighted by atomic mass is 16.3. The summed E-state index contributed by atoms with van der Waals surface area (Å²) in [5.74, 6) is -0.0949. The van der Waals surface area contributed by atoms with Crippen molar-refractivity contribution >= 4 is 5.91 Å². The minimum atomic E-state index is -0.576. The van der Waals surface area contributed by atoms with Gasteiger partial charge in [-0.3, -0.25) is 4.79 Å². The number of aliphatic hydroxyl groups is 1. The number of hydrogen-bond donors (Lipinski definition) is 3. The second-order valence-electron chi connectivity index (χ2n) is 3.65. The number of aliphatic hydroxyl groups excluding tert-OH is 1. The Hall–Kier alpha value is -0.610. The molecule has 3 N–H and O–H groups in total. The largest absolute Gasteiger partial charge is 0.391 e. The molecule has 0 spiro atoms. The molecule has 0 fully saturated rings. The average Bonchev–Trinajstić information content (AvgIpc) is 2.13. The molecule has 0 saturated carbocycles. The number of hydrogen-bond acceptors (Lipinski definition) is 3. The standard InChI is InChI=1S/C9H20N2O2/c1-5-7(12)6-11-8(13)9(2,3)10-4/h7,10,12H,5-6H2,1-4H3,(H,11,13). The molecule has 0 aromatic carbocycles. The first-order valence-corrected chi connectivity index (χ1v) is 4.59. The van der Waals surface area contributed by atoms with Gasteiger partial charge in [-0.1, -0.05) is 6.92 Å². The van der Waals surface area contributed by atoms with Crippen LogP contribution in [0.1, 0.15) is 27.2 Å². The Morgan fingerprint density at radius 3 is 2.46 bits per heavy atom. The second kappa shape index (κ2) is 5.19. The topological polar surface area (TPSA) is 61.4 Å². The summed E-state index contributed by atoms with van der Waals surface area (Å²) in [4.78, 5) is 11.4. The van der Waals surface area contributed by atoms with E-state index in [1.807, 2.05) is 6.92 Å². The van der Waals surface area contributed by atoms with E-state index >= 15 is 0 Å². The van der Waals surface area contributed by atoms with Crippen LogP contribution in [-0.4, -0.2) is 36.2 Å². The molecule has 0 aliphatic rings. The van der Waals surface area contributed by atoms with Crippen molar-refractivity contribution in [1.29, 1.82) is 0 Å². The maximum atomic E-state index is 11.4.